The van der Waals surface area contributed by atoms with Crippen molar-refractivity contribution < 1.29 is 0 Å². The van der Waals surface area contributed by atoms with Crippen molar-refractivity contribution in [1.29, 1.82) is 0 Å². The molecule has 2 unspecified atom stereocenters. The van der Waals surface area contributed by atoms with E-state index in [9.17, 15) is 0 Å². The lowest BCUT2D eigenvalue weighted by molar-refractivity contribution is 0.300. The van der Waals surface area contributed by atoms with E-state index in [-0.39, 0.29) is 0 Å². The lowest BCUT2D eigenvalue weighted by Gasteiger charge is -2.25. The van der Waals surface area contributed by atoms with Crippen molar-refractivity contribution in [2.45, 2.75) is 71.8 Å². The van der Waals surface area contributed by atoms with E-state index in [4.69, 9.17) is 5.84 Å². The molecule has 3 N–H and O–H groups in total. The molecule has 86 valence electrons. The van der Waals surface area contributed by atoms with E-state index < -0.39 is 0 Å². The Morgan fingerprint density at radius 3 is 2.00 bits per heavy atom. The Kier molecular flexibility index (Phi) is 9.42. The highest BCUT2D eigenvalue weighted by molar-refractivity contribution is 4.73. The molecule has 0 rings (SSSR count). The molecule has 0 saturated carbocycles. The van der Waals surface area contributed by atoms with Gasteiger partial charge in [0.1, 0.15) is 0 Å². The third-order valence-electron chi connectivity index (χ3n) is 3.10. The lowest BCUT2D eigenvalue weighted by Crippen LogP contribution is -2.40. The maximum Gasteiger partial charge on any atom is 0.0238 e. The first kappa shape index (κ1) is 13.9. The number of hydrogen-bond donors (Lipinski definition) is 2. The zero-order valence-electron chi connectivity index (χ0n) is 10.2. The number of unbranched alkanes of at least 4 members (excludes halogenated alkanes) is 2. The van der Waals surface area contributed by atoms with Gasteiger partial charge in [-0.3, -0.25) is 11.3 Å². The fourth-order valence-corrected chi connectivity index (χ4v) is 2.04. The maximum atomic E-state index is 5.61. The SMILES string of the molecule is CCCCC(CC)C(CCCC)NN. The van der Waals surface area contributed by atoms with Crippen LogP contribution in [-0.4, -0.2) is 6.04 Å². The van der Waals surface area contributed by atoms with Gasteiger partial charge in [0.25, 0.3) is 0 Å². The molecule has 0 aliphatic rings. The van der Waals surface area contributed by atoms with Crippen LogP contribution in [0.25, 0.3) is 0 Å². The van der Waals surface area contributed by atoms with Gasteiger partial charge in [0.2, 0.25) is 0 Å². The van der Waals surface area contributed by atoms with Gasteiger partial charge in [-0.25, -0.2) is 0 Å². The second kappa shape index (κ2) is 9.47. The van der Waals surface area contributed by atoms with Crippen LogP contribution in [0.15, 0.2) is 0 Å². The van der Waals surface area contributed by atoms with Gasteiger partial charge < -0.3 is 0 Å². The van der Waals surface area contributed by atoms with E-state index in [2.05, 4.69) is 26.2 Å². The molecule has 0 aliphatic carbocycles. The smallest absolute Gasteiger partial charge is 0.0238 e. The average molecular weight is 200 g/mol. The molecule has 0 amide bonds. The highest BCUT2D eigenvalue weighted by Gasteiger charge is 2.17. The minimum Gasteiger partial charge on any atom is -0.271 e. The highest BCUT2D eigenvalue weighted by Crippen LogP contribution is 2.20. The number of nitrogens with two attached hydrogens (primary N) is 1. The molecule has 2 atom stereocenters. The van der Waals surface area contributed by atoms with Crippen molar-refractivity contribution in [3.05, 3.63) is 0 Å². The van der Waals surface area contributed by atoms with Crippen molar-refractivity contribution in [2.75, 3.05) is 0 Å². The van der Waals surface area contributed by atoms with Gasteiger partial charge in [0.05, 0.1) is 0 Å². The van der Waals surface area contributed by atoms with Gasteiger partial charge in [-0.15, -0.1) is 0 Å². The Balaban J connectivity index is 3.87. The molecule has 0 saturated heterocycles. The zero-order chi connectivity index (χ0) is 10.8. The first-order valence-corrected chi connectivity index (χ1v) is 6.26. The summed E-state index contributed by atoms with van der Waals surface area (Å²) in [4.78, 5) is 0. The van der Waals surface area contributed by atoms with Gasteiger partial charge in [0, 0.05) is 6.04 Å². The fourth-order valence-electron chi connectivity index (χ4n) is 2.04. The van der Waals surface area contributed by atoms with E-state index >= 15 is 0 Å². The van der Waals surface area contributed by atoms with Crippen LogP contribution in [0.4, 0.5) is 0 Å². The van der Waals surface area contributed by atoms with E-state index in [0.29, 0.717) is 6.04 Å². The number of hydrogen-bond acceptors (Lipinski definition) is 2. The first-order chi connectivity index (χ1) is 6.79. The van der Waals surface area contributed by atoms with Crippen LogP contribution in [0.3, 0.4) is 0 Å². The van der Waals surface area contributed by atoms with Crippen molar-refractivity contribution in [1.82, 2.24) is 5.43 Å². The summed E-state index contributed by atoms with van der Waals surface area (Å²) in [6, 6.07) is 0.534. The topological polar surface area (TPSA) is 38.0 Å². The Bertz CT molecular complexity index is 101. The fraction of sp³-hybridized carbons (Fsp3) is 1.00. The van der Waals surface area contributed by atoms with Crippen LogP contribution < -0.4 is 11.3 Å². The van der Waals surface area contributed by atoms with Gasteiger partial charge in [-0.05, 0) is 18.8 Å². The van der Waals surface area contributed by atoms with Gasteiger partial charge in [-0.2, -0.15) is 0 Å². The minimum absolute atomic E-state index is 0.534. The van der Waals surface area contributed by atoms with Crippen molar-refractivity contribution in [3.63, 3.8) is 0 Å². The summed E-state index contributed by atoms with van der Waals surface area (Å²) in [6.07, 6.45) is 8.99. The Morgan fingerprint density at radius 2 is 1.57 bits per heavy atom. The van der Waals surface area contributed by atoms with Gasteiger partial charge in [0.15, 0.2) is 0 Å². The minimum atomic E-state index is 0.534. The zero-order valence-corrected chi connectivity index (χ0v) is 10.2. The van der Waals surface area contributed by atoms with Crippen molar-refractivity contribution in [3.8, 4) is 0 Å². The van der Waals surface area contributed by atoms with Crippen LogP contribution in [-0.2, 0) is 0 Å². The summed E-state index contributed by atoms with van der Waals surface area (Å²) in [5, 5.41) is 0. The molecule has 0 spiro atoms. The highest BCUT2D eigenvalue weighted by atomic mass is 15.2. The molecule has 0 heterocycles. The lowest BCUT2D eigenvalue weighted by atomic mass is 9.89. The van der Waals surface area contributed by atoms with E-state index in [0.717, 1.165) is 5.92 Å². The van der Waals surface area contributed by atoms with Crippen molar-refractivity contribution in [2.24, 2.45) is 11.8 Å². The van der Waals surface area contributed by atoms with Crippen LogP contribution in [0.1, 0.15) is 65.7 Å². The normalized spacial score (nSPS) is 15.4. The number of nitrogens with one attached hydrogen (secondary N) is 1. The second-order valence-corrected chi connectivity index (χ2v) is 4.23. The van der Waals surface area contributed by atoms with E-state index in [1.54, 1.807) is 0 Å². The second-order valence-electron chi connectivity index (χ2n) is 4.23. The summed E-state index contributed by atoms with van der Waals surface area (Å²) < 4.78 is 0. The molecular formula is C12H28N2. The predicted molar refractivity (Wildman–Crippen MR) is 63.9 cm³/mol. The van der Waals surface area contributed by atoms with Gasteiger partial charge >= 0.3 is 0 Å². The number of hydrazine groups is 1. The standard InChI is InChI=1S/C12H28N2/c1-4-7-9-11(6-3)12(14-13)10-8-5-2/h11-12,14H,4-10,13H2,1-3H3. The van der Waals surface area contributed by atoms with Crippen LogP contribution >= 0.6 is 0 Å². The molecule has 0 aromatic heterocycles. The molecular weight excluding hydrogens is 172 g/mol. The number of rotatable bonds is 9. The summed E-state index contributed by atoms with van der Waals surface area (Å²) in [7, 11) is 0. The van der Waals surface area contributed by atoms with Crippen LogP contribution in [0.2, 0.25) is 0 Å². The largest absolute Gasteiger partial charge is 0.271 e. The average Bonchev–Trinajstić information content (AvgIpc) is 2.23. The molecule has 2 nitrogen and oxygen atoms in total. The first-order valence-electron chi connectivity index (χ1n) is 6.26. The van der Waals surface area contributed by atoms with Crippen LogP contribution in [0.5, 0.6) is 0 Å². The predicted octanol–water partition coefficient (Wildman–Crippen LogP) is 3.22. The monoisotopic (exact) mass is 200 g/mol. The molecule has 0 radical (unpaired) electrons. The molecule has 0 fully saturated rings. The Morgan fingerprint density at radius 1 is 1.00 bits per heavy atom. The molecule has 0 bridgehead atoms. The van der Waals surface area contributed by atoms with Gasteiger partial charge in [-0.1, -0.05) is 52.9 Å². The maximum absolute atomic E-state index is 5.61. The van der Waals surface area contributed by atoms with Crippen LogP contribution in [0, 0.1) is 5.92 Å². The van der Waals surface area contributed by atoms with E-state index in [1.165, 1.54) is 44.9 Å². The third-order valence-corrected chi connectivity index (χ3v) is 3.10. The molecule has 14 heavy (non-hydrogen) atoms. The Hall–Kier alpha value is -0.0800. The molecule has 0 aromatic carbocycles. The summed E-state index contributed by atoms with van der Waals surface area (Å²) >= 11 is 0. The summed E-state index contributed by atoms with van der Waals surface area (Å²) in [6.45, 7) is 6.76. The Labute approximate surface area is 89.6 Å². The summed E-state index contributed by atoms with van der Waals surface area (Å²) in [5.41, 5.74) is 3.00. The van der Waals surface area contributed by atoms with Crippen molar-refractivity contribution >= 4 is 0 Å². The quantitative estimate of drug-likeness (QED) is 0.443. The molecule has 0 aliphatic heterocycles. The molecule has 0 aromatic rings. The summed E-state index contributed by atoms with van der Waals surface area (Å²) in [5.74, 6) is 6.38. The van der Waals surface area contributed by atoms with E-state index in [1.807, 2.05) is 0 Å². The molecule has 2 heteroatoms. The third kappa shape index (κ3) is 5.61.